The van der Waals surface area contributed by atoms with Crippen LogP contribution in [0.2, 0.25) is 0 Å². The molecule has 0 saturated carbocycles. The van der Waals surface area contributed by atoms with Gasteiger partial charge in [0.25, 0.3) is 0 Å². The van der Waals surface area contributed by atoms with Gasteiger partial charge in [0.15, 0.2) is 6.29 Å². The summed E-state index contributed by atoms with van der Waals surface area (Å²) >= 11 is 0. The minimum absolute atomic E-state index is 0.172. The lowest BCUT2D eigenvalue weighted by atomic mass is 10.00. The summed E-state index contributed by atoms with van der Waals surface area (Å²) in [5, 5.41) is 0. The Morgan fingerprint density at radius 2 is 1.50 bits per heavy atom. The lowest BCUT2D eigenvalue weighted by molar-refractivity contribution is -0.202. The van der Waals surface area contributed by atoms with Crippen LogP contribution in [0.5, 0.6) is 0 Å². The van der Waals surface area contributed by atoms with Crippen molar-refractivity contribution in [2.75, 3.05) is 13.2 Å². The van der Waals surface area contributed by atoms with E-state index in [9.17, 15) is 0 Å². The fraction of sp³-hybridized carbons (Fsp3) is 0.571. The molecule has 0 spiro atoms. The minimum Gasteiger partial charge on any atom is -0.348 e. The van der Waals surface area contributed by atoms with Gasteiger partial charge < -0.3 is 9.47 Å². The van der Waals surface area contributed by atoms with Crippen molar-refractivity contribution in [1.82, 2.24) is 0 Å². The fourth-order valence-electron chi connectivity index (χ4n) is 2.00. The van der Waals surface area contributed by atoms with E-state index in [1.54, 1.807) is 0 Å². The smallest absolute Gasteiger partial charge is 0.183 e. The zero-order chi connectivity index (χ0) is 11.7. The third kappa shape index (κ3) is 2.28. The Morgan fingerprint density at radius 1 is 1.00 bits per heavy atom. The number of rotatable bonds is 1. The van der Waals surface area contributed by atoms with Crippen LogP contribution >= 0.6 is 0 Å². The van der Waals surface area contributed by atoms with Gasteiger partial charge in [-0.15, -0.1) is 0 Å². The molecule has 0 aliphatic carbocycles. The normalized spacial score (nSPS) is 25.8. The molecule has 2 heteroatoms. The molecule has 2 nitrogen and oxygen atoms in total. The number of hydrogen-bond donors (Lipinski definition) is 0. The van der Waals surface area contributed by atoms with Crippen LogP contribution < -0.4 is 0 Å². The van der Waals surface area contributed by atoms with Crippen molar-refractivity contribution in [3.63, 3.8) is 0 Å². The van der Waals surface area contributed by atoms with Crippen LogP contribution in [-0.4, -0.2) is 13.2 Å². The topological polar surface area (TPSA) is 18.5 Å². The van der Waals surface area contributed by atoms with Gasteiger partial charge in [0, 0.05) is 11.5 Å². The first-order chi connectivity index (χ1) is 7.58. The van der Waals surface area contributed by atoms with Crippen molar-refractivity contribution >= 4 is 0 Å². The van der Waals surface area contributed by atoms with Crippen molar-refractivity contribution in [2.24, 2.45) is 5.92 Å². The molecule has 1 aliphatic rings. The van der Waals surface area contributed by atoms with Crippen LogP contribution in [0.4, 0.5) is 0 Å². The van der Waals surface area contributed by atoms with Crippen LogP contribution in [0.3, 0.4) is 0 Å². The molecule has 1 aromatic rings. The Morgan fingerprint density at radius 3 is 2.00 bits per heavy atom. The van der Waals surface area contributed by atoms with E-state index in [1.165, 1.54) is 16.7 Å². The Labute approximate surface area is 97.6 Å². The van der Waals surface area contributed by atoms with E-state index in [4.69, 9.17) is 9.47 Å². The second-order valence-electron chi connectivity index (χ2n) is 4.88. The van der Waals surface area contributed by atoms with E-state index in [0.717, 1.165) is 18.8 Å². The van der Waals surface area contributed by atoms with Gasteiger partial charge in [-0.3, -0.25) is 0 Å². The number of ether oxygens (including phenoxy) is 2. The third-order valence-electron chi connectivity index (χ3n) is 3.29. The van der Waals surface area contributed by atoms with Gasteiger partial charge in [-0.1, -0.05) is 19.1 Å². The molecular formula is C14H20O2. The summed E-state index contributed by atoms with van der Waals surface area (Å²) in [5.41, 5.74) is 5.11. The van der Waals surface area contributed by atoms with Gasteiger partial charge in [-0.2, -0.15) is 0 Å². The van der Waals surface area contributed by atoms with Gasteiger partial charge in [0.2, 0.25) is 0 Å². The highest BCUT2D eigenvalue weighted by molar-refractivity contribution is 5.37. The first-order valence-electron chi connectivity index (χ1n) is 5.89. The predicted molar refractivity (Wildman–Crippen MR) is 64.5 cm³/mol. The molecule has 1 heterocycles. The maximum absolute atomic E-state index is 5.70. The van der Waals surface area contributed by atoms with Crippen LogP contribution in [0.15, 0.2) is 12.1 Å². The van der Waals surface area contributed by atoms with Crippen LogP contribution in [0.1, 0.15) is 35.5 Å². The van der Waals surface area contributed by atoms with Crippen molar-refractivity contribution < 1.29 is 9.47 Å². The maximum Gasteiger partial charge on any atom is 0.183 e. The Balaban J connectivity index is 2.21. The highest BCUT2D eigenvalue weighted by Gasteiger charge is 2.21. The zero-order valence-corrected chi connectivity index (χ0v) is 10.5. The van der Waals surface area contributed by atoms with Crippen molar-refractivity contribution in [1.29, 1.82) is 0 Å². The monoisotopic (exact) mass is 220 g/mol. The van der Waals surface area contributed by atoms with E-state index in [2.05, 4.69) is 39.8 Å². The molecule has 1 saturated heterocycles. The third-order valence-corrected chi connectivity index (χ3v) is 3.29. The summed E-state index contributed by atoms with van der Waals surface area (Å²) in [6.07, 6.45) is -0.172. The number of benzene rings is 1. The lowest BCUT2D eigenvalue weighted by Gasteiger charge is -2.28. The van der Waals surface area contributed by atoms with Crippen LogP contribution in [0.25, 0.3) is 0 Å². The molecule has 0 amide bonds. The molecule has 0 aromatic heterocycles. The van der Waals surface area contributed by atoms with Gasteiger partial charge in [0.05, 0.1) is 13.2 Å². The molecule has 0 bridgehead atoms. The summed E-state index contributed by atoms with van der Waals surface area (Å²) in [5.74, 6) is 0.504. The summed E-state index contributed by atoms with van der Waals surface area (Å²) in [4.78, 5) is 0. The van der Waals surface area contributed by atoms with Crippen molar-refractivity contribution in [3.05, 3.63) is 34.4 Å². The SMILES string of the molecule is Cc1cc(C2OCC(C)CO2)cc(C)c1C. The minimum atomic E-state index is -0.172. The highest BCUT2D eigenvalue weighted by atomic mass is 16.7. The van der Waals surface area contributed by atoms with E-state index < -0.39 is 0 Å². The first kappa shape index (κ1) is 11.6. The van der Waals surface area contributed by atoms with Gasteiger partial charge in [0.1, 0.15) is 0 Å². The second kappa shape index (κ2) is 4.56. The molecule has 1 aromatic carbocycles. The number of aryl methyl sites for hydroxylation is 2. The van der Waals surface area contributed by atoms with Gasteiger partial charge >= 0.3 is 0 Å². The lowest BCUT2D eigenvalue weighted by Crippen LogP contribution is -2.25. The molecular weight excluding hydrogens is 200 g/mol. The summed E-state index contributed by atoms with van der Waals surface area (Å²) in [7, 11) is 0. The molecule has 16 heavy (non-hydrogen) atoms. The van der Waals surface area contributed by atoms with Crippen LogP contribution in [0, 0.1) is 26.7 Å². The fourth-order valence-corrected chi connectivity index (χ4v) is 2.00. The zero-order valence-electron chi connectivity index (χ0n) is 10.5. The number of hydrogen-bond acceptors (Lipinski definition) is 2. The van der Waals surface area contributed by atoms with Crippen LogP contribution in [-0.2, 0) is 9.47 Å². The molecule has 0 N–H and O–H groups in total. The Hall–Kier alpha value is -0.860. The predicted octanol–water partition coefficient (Wildman–Crippen LogP) is 3.29. The first-order valence-corrected chi connectivity index (χ1v) is 5.89. The Kier molecular flexibility index (Phi) is 3.31. The highest BCUT2D eigenvalue weighted by Crippen LogP contribution is 2.27. The van der Waals surface area contributed by atoms with E-state index in [0.29, 0.717) is 5.92 Å². The quantitative estimate of drug-likeness (QED) is 0.723. The molecule has 0 unspecified atom stereocenters. The van der Waals surface area contributed by atoms with E-state index in [1.807, 2.05) is 0 Å². The Bertz CT molecular complexity index is 353. The molecule has 0 radical (unpaired) electrons. The summed E-state index contributed by atoms with van der Waals surface area (Å²) < 4.78 is 11.4. The molecule has 1 aliphatic heterocycles. The standard InChI is InChI=1S/C14H20O2/c1-9-7-15-14(16-8-9)13-5-10(2)12(4)11(3)6-13/h5-6,9,14H,7-8H2,1-4H3. The van der Waals surface area contributed by atoms with Crippen molar-refractivity contribution in [2.45, 2.75) is 34.0 Å². The largest absolute Gasteiger partial charge is 0.348 e. The second-order valence-corrected chi connectivity index (χ2v) is 4.88. The van der Waals surface area contributed by atoms with Gasteiger partial charge in [-0.25, -0.2) is 0 Å². The van der Waals surface area contributed by atoms with Crippen molar-refractivity contribution in [3.8, 4) is 0 Å². The molecule has 0 atom stereocenters. The average Bonchev–Trinajstić information content (AvgIpc) is 2.26. The molecule has 88 valence electrons. The molecule has 2 rings (SSSR count). The summed E-state index contributed by atoms with van der Waals surface area (Å²) in [6, 6.07) is 4.34. The van der Waals surface area contributed by atoms with E-state index >= 15 is 0 Å². The average molecular weight is 220 g/mol. The summed E-state index contributed by atoms with van der Waals surface area (Å²) in [6.45, 7) is 10.1. The maximum atomic E-state index is 5.70. The molecule has 1 fully saturated rings. The van der Waals surface area contributed by atoms with Gasteiger partial charge in [-0.05, 0) is 37.5 Å². The van der Waals surface area contributed by atoms with E-state index in [-0.39, 0.29) is 6.29 Å².